The number of hydrogen-bond acceptors (Lipinski definition) is 4. The average Bonchev–Trinajstić information content (AvgIpc) is 2.85. The number of piperazine rings is 1. The van der Waals surface area contributed by atoms with Gasteiger partial charge in [-0.2, -0.15) is 0 Å². The highest BCUT2D eigenvalue weighted by molar-refractivity contribution is 5.76. The summed E-state index contributed by atoms with van der Waals surface area (Å²) in [6, 6.07) is 0.314. The Kier molecular flexibility index (Phi) is 8.02. The SMILES string of the molecule is CC1CC2NC(=O)CCNCCCN3CCN(CCCCCC2(C)C1(C)C)CC3. The fourth-order valence-electron chi connectivity index (χ4n) is 5.90. The maximum absolute atomic E-state index is 12.7. The molecule has 0 aromatic carbocycles. The molecule has 0 aromatic heterocycles. The molecule has 1 amide bonds. The zero-order chi connectivity index (χ0) is 20.9. The molecule has 4 rings (SSSR count). The lowest BCUT2D eigenvalue weighted by molar-refractivity contribution is -0.122. The standard InChI is InChI=1S/C24H46N4O/c1-20-19-21-24(4,23(20,2)3)10-6-5-7-13-27-15-17-28(18-16-27)14-8-11-25-12-9-22(29)26-21/h20-21,25H,5-19H2,1-4H3,(H,26,29). The monoisotopic (exact) mass is 406 g/mol. The topological polar surface area (TPSA) is 47.6 Å². The average molecular weight is 407 g/mol. The fourth-order valence-corrected chi connectivity index (χ4v) is 5.90. The number of rotatable bonds is 0. The highest BCUT2D eigenvalue weighted by atomic mass is 16.1. The third kappa shape index (κ3) is 5.54. The van der Waals surface area contributed by atoms with Gasteiger partial charge in [-0.25, -0.2) is 0 Å². The highest BCUT2D eigenvalue weighted by Gasteiger charge is 2.55. The second-order valence-corrected chi connectivity index (χ2v) is 10.7. The van der Waals surface area contributed by atoms with Crippen LogP contribution in [0.4, 0.5) is 0 Å². The summed E-state index contributed by atoms with van der Waals surface area (Å²) >= 11 is 0. The van der Waals surface area contributed by atoms with Crippen molar-refractivity contribution in [3.05, 3.63) is 0 Å². The largest absolute Gasteiger partial charge is 0.353 e. The molecule has 29 heavy (non-hydrogen) atoms. The summed E-state index contributed by atoms with van der Waals surface area (Å²) in [6.07, 6.45) is 8.01. The Labute approximate surface area is 179 Å². The Morgan fingerprint density at radius 1 is 0.862 bits per heavy atom. The quantitative estimate of drug-likeness (QED) is 0.649. The van der Waals surface area contributed by atoms with E-state index < -0.39 is 0 Å². The molecule has 5 nitrogen and oxygen atoms in total. The van der Waals surface area contributed by atoms with Gasteiger partial charge < -0.3 is 20.4 Å². The van der Waals surface area contributed by atoms with Crippen molar-refractivity contribution >= 4 is 5.91 Å². The Morgan fingerprint density at radius 3 is 2.21 bits per heavy atom. The van der Waals surface area contributed by atoms with Crippen LogP contribution in [0.1, 0.15) is 72.6 Å². The number of carbonyl (C=O) groups excluding carboxylic acids is 1. The van der Waals surface area contributed by atoms with Crippen LogP contribution in [-0.4, -0.2) is 74.1 Å². The molecule has 2 bridgehead atoms. The summed E-state index contributed by atoms with van der Waals surface area (Å²) < 4.78 is 0. The number of hydrogen-bond donors (Lipinski definition) is 2. The molecular weight excluding hydrogens is 360 g/mol. The van der Waals surface area contributed by atoms with Crippen molar-refractivity contribution in [2.75, 3.05) is 52.4 Å². The number of carbonyl (C=O) groups is 1. The van der Waals surface area contributed by atoms with Crippen molar-refractivity contribution in [2.24, 2.45) is 16.7 Å². The van der Waals surface area contributed by atoms with Gasteiger partial charge in [0.05, 0.1) is 0 Å². The molecule has 1 aliphatic carbocycles. The third-order valence-corrected chi connectivity index (χ3v) is 8.89. The van der Waals surface area contributed by atoms with Gasteiger partial charge in [-0.05, 0) is 62.1 Å². The van der Waals surface area contributed by atoms with Crippen LogP contribution >= 0.6 is 0 Å². The van der Waals surface area contributed by atoms with Crippen molar-refractivity contribution in [3.8, 4) is 0 Å². The lowest BCUT2D eigenvalue weighted by atomic mass is 9.62. The van der Waals surface area contributed by atoms with E-state index in [0.717, 1.165) is 19.5 Å². The zero-order valence-corrected chi connectivity index (χ0v) is 19.6. The summed E-state index contributed by atoms with van der Waals surface area (Å²) in [5.74, 6) is 0.872. The minimum atomic E-state index is 0.185. The van der Waals surface area contributed by atoms with Crippen LogP contribution in [0.3, 0.4) is 0 Å². The summed E-state index contributed by atoms with van der Waals surface area (Å²) in [4.78, 5) is 17.9. The molecule has 0 spiro atoms. The van der Waals surface area contributed by atoms with Crippen molar-refractivity contribution in [3.63, 3.8) is 0 Å². The molecule has 3 aliphatic heterocycles. The smallest absolute Gasteiger partial charge is 0.221 e. The van der Waals surface area contributed by atoms with Gasteiger partial charge in [-0.15, -0.1) is 0 Å². The van der Waals surface area contributed by atoms with Crippen LogP contribution < -0.4 is 10.6 Å². The van der Waals surface area contributed by atoms with Gasteiger partial charge >= 0.3 is 0 Å². The van der Waals surface area contributed by atoms with Crippen LogP contribution in [0.25, 0.3) is 0 Å². The molecule has 3 unspecified atom stereocenters. The van der Waals surface area contributed by atoms with Gasteiger partial charge in [0.2, 0.25) is 5.91 Å². The Morgan fingerprint density at radius 2 is 1.52 bits per heavy atom. The molecule has 2 N–H and O–H groups in total. The fraction of sp³-hybridized carbons (Fsp3) is 0.958. The second-order valence-electron chi connectivity index (χ2n) is 10.7. The molecule has 4 fully saturated rings. The Balaban J connectivity index is 1.62. The summed E-state index contributed by atoms with van der Waals surface area (Å²) in [5.41, 5.74) is 0.447. The normalized spacial score (nSPS) is 40.3. The van der Waals surface area contributed by atoms with Gasteiger partial charge in [-0.3, -0.25) is 4.79 Å². The van der Waals surface area contributed by atoms with Crippen molar-refractivity contribution in [1.29, 1.82) is 0 Å². The van der Waals surface area contributed by atoms with E-state index in [-0.39, 0.29) is 16.7 Å². The molecule has 0 radical (unpaired) electrons. The minimum Gasteiger partial charge on any atom is -0.353 e. The van der Waals surface area contributed by atoms with E-state index in [1.165, 1.54) is 71.4 Å². The van der Waals surface area contributed by atoms with Crippen LogP contribution in [0.2, 0.25) is 0 Å². The van der Waals surface area contributed by atoms with Gasteiger partial charge in [0.15, 0.2) is 0 Å². The summed E-state index contributed by atoms with van der Waals surface area (Å²) in [6.45, 7) is 18.8. The predicted octanol–water partition coefficient (Wildman–Crippen LogP) is 3.10. The minimum absolute atomic E-state index is 0.185. The first kappa shape index (κ1) is 23.0. The number of fused-ring (bicyclic) bond motifs is 13. The Hall–Kier alpha value is -0.650. The molecule has 168 valence electrons. The molecule has 3 heterocycles. The lowest BCUT2D eigenvalue weighted by Gasteiger charge is -2.44. The second kappa shape index (κ2) is 10.1. The van der Waals surface area contributed by atoms with E-state index >= 15 is 0 Å². The van der Waals surface area contributed by atoms with Gasteiger partial charge in [0.25, 0.3) is 0 Å². The van der Waals surface area contributed by atoms with E-state index in [9.17, 15) is 4.79 Å². The summed E-state index contributed by atoms with van der Waals surface area (Å²) in [7, 11) is 0. The van der Waals surface area contributed by atoms with Crippen LogP contribution in [-0.2, 0) is 4.79 Å². The highest BCUT2D eigenvalue weighted by Crippen LogP contribution is 2.58. The maximum atomic E-state index is 12.7. The molecule has 3 atom stereocenters. The van der Waals surface area contributed by atoms with E-state index in [4.69, 9.17) is 0 Å². The molecule has 5 heteroatoms. The van der Waals surface area contributed by atoms with E-state index in [2.05, 4.69) is 48.1 Å². The first-order chi connectivity index (χ1) is 13.8. The number of nitrogens with one attached hydrogen (secondary N) is 2. The zero-order valence-electron chi connectivity index (χ0n) is 19.6. The molecule has 1 saturated carbocycles. The van der Waals surface area contributed by atoms with Crippen molar-refractivity contribution in [1.82, 2.24) is 20.4 Å². The van der Waals surface area contributed by atoms with Gasteiger partial charge in [0.1, 0.15) is 0 Å². The lowest BCUT2D eigenvalue weighted by Crippen LogP contribution is -2.48. The molecule has 3 saturated heterocycles. The molecular formula is C24H46N4O. The van der Waals surface area contributed by atoms with Crippen LogP contribution in [0.15, 0.2) is 0 Å². The van der Waals surface area contributed by atoms with E-state index in [1.807, 2.05) is 0 Å². The van der Waals surface area contributed by atoms with E-state index in [0.29, 0.717) is 18.4 Å². The predicted molar refractivity (Wildman–Crippen MR) is 121 cm³/mol. The van der Waals surface area contributed by atoms with Gasteiger partial charge in [-0.1, -0.05) is 40.5 Å². The van der Waals surface area contributed by atoms with Crippen LogP contribution in [0, 0.1) is 16.7 Å². The third-order valence-electron chi connectivity index (χ3n) is 8.89. The number of amides is 1. The first-order valence-corrected chi connectivity index (χ1v) is 12.3. The van der Waals surface area contributed by atoms with Crippen molar-refractivity contribution in [2.45, 2.75) is 78.7 Å². The summed E-state index contributed by atoms with van der Waals surface area (Å²) in [5, 5.41) is 6.93. The van der Waals surface area contributed by atoms with Gasteiger partial charge in [0, 0.05) is 45.2 Å². The van der Waals surface area contributed by atoms with E-state index in [1.54, 1.807) is 0 Å². The number of nitrogens with zero attached hydrogens (tertiary/aromatic N) is 2. The Bertz CT molecular complexity index is 529. The first-order valence-electron chi connectivity index (χ1n) is 12.3. The van der Waals surface area contributed by atoms with Crippen LogP contribution in [0.5, 0.6) is 0 Å². The molecule has 4 aliphatic rings. The van der Waals surface area contributed by atoms with Crippen molar-refractivity contribution < 1.29 is 4.79 Å². The molecule has 0 aromatic rings. The maximum Gasteiger partial charge on any atom is 0.221 e.